The Morgan fingerprint density at radius 1 is 1.50 bits per heavy atom. The number of carbonyl (C=O) groups excluding carboxylic acids is 1. The van der Waals surface area contributed by atoms with Crippen LogP contribution in [-0.4, -0.2) is 12.5 Å². The summed E-state index contributed by atoms with van der Waals surface area (Å²) in [6.07, 6.45) is 0.784. The van der Waals surface area contributed by atoms with E-state index in [1.54, 1.807) is 18.2 Å². The van der Waals surface area contributed by atoms with Crippen LogP contribution < -0.4 is 11.1 Å². The Hall–Kier alpha value is -0.580. The van der Waals surface area contributed by atoms with E-state index in [0.717, 1.165) is 10.9 Å². The molecule has 0 radical (unpaired) electrons. The lowest BCUT2D eigenvalue weighted by Crippen LogP contribution is -2.30. The van der Waals surface area contributed by atoms with E-state index in [4.69, 9.17) is 17.3 Å². The van der Waals surface area contributed by atoms with E-state index < -0.39 is 0 Å². The fourth-order valence-corrected chi connectivity index (χ4v) is 2.12. The van der Waals surface area contributed by atoms with Crippen LogP contribution in [0.1, 0.15) is 20.3 Å². The van der Waals surface area contributed by atoms with Gasteiger partial charge in [0.2, 0.25) is 5.91 Å². The minimum atomic E-state index is -0.160. The number of rotatable bonds is 5. The average Bonchev–Trinajstić information content (AvgIpc) is 2.30. The van der Waals surface area contributed by atoms with Crippen LogP contribution in [0.2, 0.25) is 5.02 Å². The van der Waals surface area contributed by atoms with Crippen molar-refractivity contribution in [2.75, 3.05) is 11.9 Å². The summed E-state index contributed by atoms with van der Waals surface area (Å²) in [5.74, 6) is 0.231. The second-order valence-electron chi connectivity index (χ2n) is 4.68. The van der Waals surface area contributed by atoms with E-state index in [0.29, 0.717) is 23.2 Å². The molecule has 100 valence electrons. The summed E-state index contributed by atoms with van der Waals surface area (Å²) in [6, 6.07) is 5.32. The number of nitrogens with two attached hydrogens (primary N) is 1. The number of halogens is 2. The predicted octanol–water partition coefficient (Wildman–Crippen LogP) is 3.66. The summed E-state index contributed by atoms with van der Waals surface area (Å²) >= 11 is 9.28. The number of hydrogen-bond acceptors (Lipinski definition) is 2. The van der Waals surface area contributed by atoms with Crippen LogP contribution in [0.4, 0.5) is 5.69 Å². The third-order valence-corrected chi connectivity index (χ3v) is 3.83. The number of nitrogens with one attached hydrogen (secondary N) is 1. The van der Waals surface area contributed by atoms with Gasteiger partial charge in [-0.05, 0) is 46.5 Å². The van der Waals surface area contributed by atoms with Gasteiger partial charge in [0, 0.05) is 16.7 Å². The lowest BCUT2D eigenvalue weighted by molar-refractivity contribution is -0.120. The average molecular weight is 334 g/mol. The van der Waals surface area contributed by atoms with Gasteiger partial charge in [0.05, 0.1) is 10.9 Å². The maximum Gasteiger partial charge on any atom is 0.228 e. The Labute approximate surface area is 121 Å². The van der Waals surface area contributed by atoms with E-state index in [1.807, 2.05) is 0 Å². The molecule has 3 N–H and O–H groups in total. The number of hydrogen-bond donors (Lipinski definition) is 2. The molecule has 0 saturated heterocycles. The Kier molecular flexibility index (Phi) is 6.12. The van der Waals surface area contributed by atoms with Crippen LogP contribution >= 0.6 is 27.5 Å². The summed E-state index contributed by atoms with van der Waals surface area (Å²) in [5.41, 5.74) is 6.33. The van der Waals surface area contributed by atoms with Crippen LogP contribution in [0.3, 0.4) is 0 Å². The van der Waals surface area contributed by atoms with E-state index in [1.165, 1.54) is 0 Å². The molecule has 0 heterocycles. The van der Waals surface area contributed by atoms with Crippen LogP contribution in [0.5, 0.6) is 0 Å². The first-order valence-corrected chi connectivity index (χ1v) is 7.07. The zero-order chi connectivity index (χ0) is 13.7. The van der Waals surface area contributed by atoms with Gasteiger partial charge in [0.15, 0.2) is 0 Å². The quantitative estimate of drug-likeness (QED) is 0.864. The second-order valence-corrected chi connectivity index (χ2v) is 5.94. The molecule has 0 aliphatic rings. The fraction of sp³-hybridized carbons (Fsp3) is 0.462. The summed E-state index contributed by atoms with van der Waals surface area (Å²) in [5, 5.41) is 3.41. The van der Waals surface area contributed by atoms with E-state index in [-0.39, 0.29) is 11.8 Å². The smallest absolute Gasteiger partial charge is 0.228 e. The normalized spacial score (nSPS) is 12.6. The lowest BCUT2D eigenvalue weighted by Gasteiger charge is -2.17. The first-order chi connectivity index (χ1) is 8.43. The minimum Gasteiger partial charge on any atom is -0.330 e. The minimum absolute atomic E-state index is 0.0513. The molecule has 0 aromatic heterocycles. The van der Waals surface area contributed by atoms with Crippen LogP contribution in [-0.2, 0) is 4.79 Å². The Morgan fingerprint density at radius 2 is 2.17 bits per heavy atom. The van der Waals surface area contributed by atoms with Gasteiger partial charge in [0.1, 0.15) is 0 Å². The van der Waals surface area contributed by atoms with Crippen molar-refractivity contribution in [3.05, 3.63) is 27.7 Å². The maximum absolute atomic E-state index is 12.0. The molecule has 1 rings (SSSR count). The summed E-state index contributed by atoms with van der Waals surface area (Å²) < 4.78 is 0.805. The second kappa shape index (κ2) is 7.12. The fourth-order valence-electron chi connectivity index (χ4n) is 1.70. The monoisotopic (exact) mass is 332 g/mol. The third-order valence-electron chi connectivity index (χ3n) is 2.60. The molecular weight excluding hydrogens is 316 g/mol. The molecule has 1 unspecified atom stereocenters. The molecule has 0 fully saturated rings. The lowest BCUT2D eigenvalue weighted by atomic mass is 9.96. The molecule has 1 amide bonds. The molecular formula is C13H18BrClN2O. The van der Waals surface area contributed by atoms with Gasteiger partial charge in [-0.25, -0.2) is 0 Å². The molecule has 1 aromatic rings. The van der Waals surface area contributed by atoms with E-state index >= 15 is 0 Å². The zero-order valence-corrected chi connectivity index (χ0v) is 12.9. The van der Waals surface area contributed by atoms with Gasteiger partial charge in [-0.2, -0.15) is 0 Å². The SMILES string of the molecule is CC(C)CC(CN)C(=O)Nc1ccc(Br)c(Cl)c1. The molecule has 0 saturated carbocycles. The highest BCUT2D eigenvalue weighted by molar-refractivity contribution is 9.10. The van der Waals surface area contributed by atoms with E-state index in [2.05, 4.69) is 35.1 Å². The van der Waals surface area contributed by atoms with Crippen molar-refractivity contribution in [3.8, 4) is 0 Å². The van der Waals surface area contributed by atoms with Crippen LogP contribution in [0.15, 0.2) is 22.7 Å². The predicted molar refractivity (Wildman–Crippen MR) is 79.8 cm³/mol. The molecule has 5 heteroatoms. The molecule has 18 heavy (non-hydrogen) atoms. The van der Waals surface area contributed by atoms with Crippen molar-refractivity contribution >= 4 is 39.1 Å². The number of anilines is 1. The Balaban J connectivity index is 2.70. The molecule has 0 aliphatic carbocycles. The number of carbonyl (C=O) groups is 1. The highest BCUT2D eigenvalue weighted by Gasteiger charge is 2.18. The standard InChI is InChI=1S/C13H18BrClN2O/c1-8(2)5-9(7-16)13(18)17-10-3-4-11(14)12(15)6-10/h3-4,6,8-9H,5,7,16H2,1-2H3,(H,17,18). The van der Waals surface area contributed by atoms with Crippen LogP contribution in [0, 0.1) is 11.8 Å². The highest BCUT2D eigenvalue weighted by Crippen LogP contribution is 2.26. The number of benzene rings is 1. The van der Waals surface area contributed by atoms with Crippen LogP contribution in [0.25, 0.3) is 0 Å². The third kappa shape index (κ3) is 4.59. The summed E-state index contributed by atoms with van der Waals surface area (Å²) in [7, 11) is 0. The van der Waals surface area contributed by atoms with Crippen molar-refractivity contribution in [2.24, 2.45) is 17.6 Å². The van der Waals surface area contributed by atoms with Gasteiger partial charge in [-0.15, -0.1) is 0 Å². The summed E-state index contributed by atoms with van der Waals surface area (Å²) in [4.78, 5) is 12.0. The molecule has 1 aromatic carbocycles. The van der Waals surface area contributed by atoms with E-state index in [9.17, 15) is 4.79 Å². The van der Waals surface area contributed by atoms with Crippen molar-refractivity contribution in [2.45, 2.75) is 20.3 Å². The Morgan fingerprint density at radius 3 is 2.67 bits per heavy atom. The first-order valence-electron chi connectivity index (χ1n) is 5.90. The van der Waals surface area contributed by atoms with Gasteiger partial charge >= 0.3 is 0 Å². The Bertz CT molecular complexity index is 423. The van der Waals surface area contributed by atoms with Gasteiger partial charge in [-0.3, -0.25) is 4.79 Å². The van der Waals surface area contributed by atoms with Gasteiger partial charge in [0.25, 0.3) is 0 Å². The molecule has 0 aliphatic heterocycles. The molecule has 0 spiro atoms. The summed E-state index contributed by atoms with van der Waals surface area (Å²) in [6.45, 7) is 4.51. The molecule has 0 bridgehead atoms. The maximum atomic E-state index is 12.0. The number of amides is 1. The van der Waals surface area contributed by atoms with Gasteiger partial charge in [-0.1, -0.05) is 25.4 Å². The van der Waals surface area contributed by atoms with Crippen molar-refractivity contribution in [1.29, 1.82) is 0 Å². The first kappa shape index (κ1) is 15.5. The highest BCUT2D eigenvalue weighted by atomic mass is 79.9. The van der Waals surface area contributed by atoms with Gasteiger partial charge < -0.3 is 11.1 Å². The van der Waals surface area contributed by atoms with Crippen molar-refractivity contribution in [3.63, 3.8) is 0 Å². The zero-order valence-electron chi connectivity index (χ0n) is 10.5. The molecule has 1 atom stereocenters. The van der Waals surface area contributed by atoms with Crippen molar-refractivity contribution < 1.29 is 4.79 Å². The largest absolute Gasteiger partial charge is 0.330 e. The topological polar surface area (TPSA) is 55.1 Å². The van der Waals surface area contributed by atoms with Crippen molar-refractivity contribution in [1.82, 2.24) is 0 Å². The molecule has 3 nitrogen and oxygen atoms in total.